The Morgan fingerprint density at radius 2 is 1.88 bits per heavy atom. The van der Waals surface area contributed by atoms with Gasteiger partial charge in [-0.2, -0.15) is 0 Å². The average Bonchev–Trinajstić information content (AvgIpc) is 2.81. The lowest BCUT2D eigenvalue weighted by molar-refractivity contribution is -0.151. The van der Waals surface area contributed by atoms with Crippen LogP contribution in [0.2, 0.25) is 5.02 Å². The number of hydrogen-bond donors (Lipinski definition) is 2. The minimum atomic E-state index is -0.683. The number of carbonyl (C=O) groups is 3. The van der Waals surface area contributed by atoms with Crippen LogP contribution in [-0.2, 0) is 9.53 Å². The molecule has 0 radical (unpaired) electrons. The Kier molecular flexibility index (Phi) is 6.66. The summed E-state index contributed by atoms with van der Waals surface area (Å²) >= 11 is 5.88. The van der Waals surface area contributed by atoms with Crippen molar-refractivity contribution < 1.29 is 28.2 Å². The van der Waals surface area contributed by atoms with Crippen molar-refractivity contribution in [2.24, 2.45) is 0 Å². The lowest BCUT2D eigenvalue weighted by Crippen LogP contribution is -2.61. The monoisotopic (exact) mass is 476 g/mol. The van der Waals surface area contributed by atoms with Crippen molar-refractivity contribution in [1.82, 2.24) is 9.80 Å². The normalized spacial score (nSPS) is 17.9. The molecule has 0 bridgehead atoms. The van der Waals surface area contributed by atoms with Crippen LogP contribution in [0.1, 0.15) is 10.4 Å². The molecule has 2 N–H and O–H groups in total. The van der Waals surface area contributed by atoms with E-state index in [-0.39, 0.29) is 52.2 Å². The zero-order chi connectivity index (χ0) is 23.5. The molecule has 0 unspecified atom stereocenters. The van der Waals surface area contributed by atoms with Crippen LogP contribution in [0.5, 0.6) is 5.75 Å². The molecule has 11 heteroatoms. The highest BCUT2D eigenvalue weighted by molar-refractivity contribution is 6.34. The first-order valence-electron chi connectivity index (χ1n) is 10.2. The van der Waals surface area contributed by atoms with E-state index in [4.69, 9.17) is 21.1 Å². The second kappa shape index (κ2) is 9.63. The van der Waals surface area contributed by atoms with Gasteiger partial charge in [-0.15, -0.1) is 0 Å². The lowest BCUT2D eigenvalue weighted by atomic mass is 10.1. The molecule has 2 aliphatic rings. The van der Waals surface area contributed by atoms with Gasteiger partial charge in [0.1, 0.15) is 12.4 Å². The second-order valence-electron chi connectivity index (χ2n) is 7.57. The van der Waals surface area contributed by atoms with Gasteiger partial charge in [0.05, 0.1) is 41.7 Å². The van der Waals surface area contributed by atoms with E-state index in [2.05, 4.69) is 10.6 Å². The molecule has 0 saturated carbocycles. The molecule has 4 rings (SSSR count). The van der Waals surface area contributed by atoms with Gasteiger partial charge in [-0.3, -0.25) is 9.59 Å². The van der Waals surface area contributed by atoms with E-state index in [1.807, 2.05) is 0 Å². The van der Waals surface area contributed by atoms with Crippen LogP contribution in [-0.4, -0.2) is 73.6 Å². The van der Waals surface area contributed by atoms with Crippen LogP contribution < -0.4 is 15.4 Å². The number of amides is 4. The number of nitrogens with one attached hydrogen (secondary N) is 2. The third kappa shape index (κ3) is 4.71. The maximum Gasteiger partial charge on any atom is 0.323 e. The number of halogens is 2. The van der Waals surface area contributed by atoms with E-state index in [0.29, 0.717) is 26.2 Å². The highest BCUT2D eigenvalue weighted by Crippen LogP contribution is 2.31. The summed E-state index contributed by atoms with van der Waals surface area (Å²) in [4.78, 5) is 41.1. The summed E-state index contributed by atoms with van der Waals surface area (Å²) in [5.41, 5.74) is 0.612. The summed E-state index contributed by atoms with van der Waals surface area (Å²) in [7, 11) is 1.39. The molecular formula is C22H22ClFN4O5. The van der Waals surface area contributed by atoms with Crippen LogP contribution in [0.3, 0.4) is 0 Å². The first kappa shape index (κ1) is 22.8. The van der Waals surface area contributed by atoms with Crippen molar-refractivity contribution in [3.05, 3.63) is 52.8 Å². The van der Waals surface area contributed by atoms with Gasteiger partial charge in [-0.05, 0) is 24.3 Å². The fourth-order valence-corrected chi connectivity index (χ4v) is 4.12. The lowest BCUT2D eigenvalue weighted by Gasteiger charge is -2.43. The smallest absolute Gasteiger partial charge is 0.323 e. The largest absolute Gasteiger partial charge is 0.494 e. The molecule has 2 fully saturated rings. The molecule has 2 heterocycles. The number of benzene rings is 2. The summed E-state index contributed by atoms with van der Waals surface area (Å²) in [6.45, 7) is 1.58. The molecule has 0 spiro atoms. The summed E-state index contributed by atoms with van der Waals surface area (Å²) < 4.78 is 24.4. The van der Waals surface area contributed by atoms with Crippen LogP contribution >= 0.6 is 11.6 Å². The Morgan fingerprint density at radius 1 is 1.15 bits per heavy atom. The Morgan fingerprint density at radius 3 is 2.67 bits per heavy atom. The number of morpholine rings is 1. The van der Waals surface area contributed by atoms with Gasteiger partial charge in [0.2, 0.25) is 5.91 Å². The van der Waals surface area contributed by atoms with E-state index in [1.165, 1.54) is 25.3 Å². The number of carbonyl (C=O) groups excluding carboxylic acids is 3. The van der Waals surface area contributed by atoms with Crippen molar-refractivity contribution in [3.63, 3.8) is 0 Å². The molecular weight excluding hydrogens is 455 g/mol. The van der Waals surface area contributed by atoms with E-state index in [1.54, 1.807) is 28.0 Å². The Hall–Kier alpha value is -3.37. The van der Waals surface area contributed by atoms with Gasteiger partial charge in [-0.25, -0.2) is 9.18 Å². The number of hydrogen-bond acceptors (Lipinski definition) is 5. The second-order valence-corrected chi connectivity index (χ2v) is 7.95. The van der Waals surface area contributed by atoms with E-state index >= 15 is 0 Å². The predicted octanol–water partition coefficient (Wildman–Crippen LogP) is 2.81. The molecule has 33 heavy (non-hydrogen) atoms. The third-order valence-electron chi connectivity index (χ3n) is 5.52. The van der Waals surface area contributed by atoms with Crippen molar-refractivity contribution in [1.29, 1.82) is 0 Å². The molecule has 9 nitrogen and oxygen atoms in total. The van der Waals surface area contributed by atoms with Crippen molar-refractivity contribution in [2.75, 3.05) is 50.6 Å². The summed E-state index contributed by atoms with van der Waals surface area (Å²) in [5, 5.41) is 4.87. The summed E-state index contributed by atoms with van der Waals surface area (Å²) in [6, 6.07) is 7.97. The molecule has 2 saturated heterocycles. The average molecular weight is 477 g/mol. The molecule has 2 aliphatic heterocycles. The zero-order valence-corrected chi connectivity index (χ0v) is 18.5. The molecule has 0 aromatic heterocycles. The number of urea groups is 1. The first-order valence-corrected chi connectivity index (χ1v) is 10.6. The van der Waals surface area contributed by atoms with Crippen molar-refractivity contribution in [2.45, 2.75) is 6.04 Å². The maximum atomic E-state index is 13.6. The Balaban J connectivity index is 1.50. The fourth-order valence-electron chi connectivity index (χ4n) is 3.95. The number of nitrogens with zero attached hydrogens (tertiary/aromatic N) is 2. The number of fused-ring (bicyclic) bond motifs is 1. The number of anilines is 2. The van der Waals surface area contributed by atoms with Crippen LogP contribution in [0.15, 0.2) is 36.4 Å². The first-order chi connectivity index (χ1) is 15.9. The molecule has 2 aromatic carbocycles. The number of para-hydroxylation sites is 1. The van der Waals surface area contributed by atoms with E-state index < -0.39 is 11.8 Å². The number of ether oxygens (including phenoxy) is 2. The molecule has 174 valence electrons. The van der Waals surface area contributed by atoms with Crippen LogP contribution in [0.25, 0.3) is 0 Å². The minimum Gasteiger partial charge on any atom is -0.494 e. The van der Waals surface area contributed by atoms with Crippen molar-refractivity contribution >= 4 is 40.8 Å². The highest BCUT2D eigenvalue weighted by Gasteiger charge is 2.36. The standard InChI is InChI=1S/C22H22ClFN4O5/c1-32-20-14(21(30)27-8-9-28-13(10-27)11-33-12-18(28)29)4-2-7-17(20)26-22(31)25-16-6-3-5-15(24)19(16)23/h2-7,13H,8-12H2,1H3,(H2,25,26,31)/t13-/m0/s1. The maximum absolute atomic E-state index is 13.6. The Bertz CT molecular complexity index is 1100. The van der Waals surface area contributed by atoms with E-state index in [9.17, 15) is 18.8 Å². The van der Waals surface area contributed by atoms with Crippen LogP contribution in [0, 0.1) is 5.82 Å². The predicted molar refractivity (Wildman–Crippen MR) is 119 cm³/mol. The zero-order valence-electron chi connectivity index (χ0n) is 17.8. The third-order valence-corrected chi connectivity index (χ3v) is 5.91. The van der Waals surface area contributed by atoms with Crippen molar-refractivity contribution in [3.8, 4) is 5.75 Å². The van der Waals surface area contributed by atoms with Crippen LogP contribution in [0.4, 0.5) is 20.6 Å². The number of methoxy groups -OCH3 is 1. The highest BCUT2D eigenvalue weighted by atomic mass is 35.5. The summed E-state index contributed by atoms with van der Waals surface area (Å²) in [6.07, 6.45) is 0. The molecule has 0 aliphatic carbocycles. The topological polar surface area (TPSA) is 100 Å². The van der Waals surface area contributed by atoms with Gasteiger partial charge in [0, 0.05) is 19.6 Å². The molecule has 1 atom stereocenters. The van der Waals surface area contributed by atoms with Gasteiger partial charge >= 0.3 is 6.03 Å². The van der Waals surface area contributed by atoms with Gasteiger partial charge < -0.3 is 29.9 Å². The SMILES string of the molecule is COc1c(NC(=O)Nc2cccc(F)c2Cl)cccc1C(=O)N1CCN2C(=O)COC[C@@H]2C1. The quantitative estimate of drug-likeness (QED) is 0.706. The number of piperazine rings is 1. The van der Waals surface area contributed by atoms with Gasteiger partial charge in [-0.1, -0.05) is 23.7 Å². The van der Waals surface area contributed by atoms with Gasteiger partial charge in [0.25, 0.3) is 5.91 Å². The molecule has 2 aromatic rings. The fraction of sp³-hybridized carbons (Fsp3) is 0.318. The summed E-state index contributed by atoms with van der Waals surface area (Å²) in [5.74, 6) is -0.848. The van der Waals surface area contributed by atoms with E-state index in [0.717, 1.165) is 0 Å². The molecule has 4 amide bonds. The number of rotatable bonds is 4. The minimum absolute atomic E-state index is 0.0644. The van der Waals surface area contributed by atoms with Gasteiger partial charge in [0.15, 0.2) is 5.75 Å². The Labute approximate surface area is 194 Å².